The van der Waals surface area contributed by atoms with Gasteiger partial charge in [-0.1, -0.05) is 156 Å². The van der Waals surface area contributed by atoms with Gasteiger partial charge in [-0.25, -0.2) is 4.48 Å². The van der Waals surface area contributed by atoms with E-state index in [9.17, 15) is 13.0 Å². The summed E-state index contributed by atoms with van der Waals surface area (Å²) in [6.07, 6.45) is 50.6. The molecule has 0 atom stereocenters. The van der Waals surface area contributed by atoms with Crippen molar-refractivity contribution >= 4 is 10.1 Å². The Morgan fingerprint density at radius 3 is 1.00 bits per heavy atom. The number of unbranched alkanes of at least 4 members (excludes halogenated alkanes) is 25. The maximum absolute atomic E-state index is 11.4. The lowest BCUT2D eigenvalue weighted by atomic mass is 10.1. The summed E-state index contributed by atoms with van der Waals surface area (Å²) in [6.45, 7) is 7.65. The lowest BCUT2D eigenvalue weighted by Gasteiger charge is -2.27. The second-order valence-corrected chi connectivity index (χ2v) is 15.2. The zero-order chi connectivity index (χ0) is 33.2. The molecule has 0 aromatic carbocycles. The molecule has 0 unspecified atom stereocenters. The quantitative estimate of drug-likeness (QED) is 0.0421. The molecule has 0 aliphatic heterocycles. The van der Waals surface area contributed by atoms with Crippen LogP contribution < -0.4 is 0 Å². The smallest absolute Gasteiger partial charge is 0.264 e. The first-order valence-electron chi connectivity index (χ1n) is 19.7. The van der Waals surface area contributed by atoms with E-state index in [0.29, 0.717) is 10.9 Å². The van der Waals surface area contributed by atoms with Crippen LogP contribution in [0.25, 0.3) is 0 Å². The number of nitrogens with zero attached hydrogens (tertiary/aromatic N) is 1. The van der Waals surface area contributed by atoms with E-state index in [1.807, 2.05) is 0 Å². The Morgan fingerprint density at radius 1 is 0.422 bits per heavy atom. The molecule has 266 valence electrons. The second-order valence-electron chi connectivity index (χ2n) is 13.7. The Morgan fingerprint density at radius 2 is 0.711 bits per heavy atom. The van der Waals surface area contributed by atoms with Crippen LogP contribution in [0.5, 0.6) is 0 Å². The molecule has 0 aromatic rings. The summed E-state index contributed by atoms with van der Waals surface area (Å²) < 4.78 is 32.7. The van der Waals surface area contributed by atoms with Crippen molar-refractivity contribution in [3.8, 4) is 0 Å². The fourth-order valence-corrected chi connectivity index (χ4v) is 6.61. The van der Waals surface area contributed by atoms with Gasteiger partial charge in [0.2, 0.25) is 0 Å². The maximum Gasteiger partial charge on any atom is 0.264 e. The average Bonchev–Trinajstić information content (AvgIpc) is 3.01. The van der Waals surface area contributed by atoms with Gasteiger partial charge in [0.15, 0.2) is 0 Å². The SMILES string of the molecule is CCCCCCCCCC/C=C/[N+](/C=C/CCCCCCCCCC)(/C=C/CCCCCCCCCC)CCCCS(=O)(=O)O. The summed E-state index contributed by atoms with van der Waals surface area (Å²) in [6, 6.07) is 0. The van der Waals surface area contributed by atoms with Gasteiger partial charge in [0, 0.05) is 0 Å². The van der Waals surface area contributed by atoms with Gasteiger partial charge in [-0.15, -0.1) is 0 Å². The summed E-state index contributed by atoms with van der Waals surface area (Å²) in [5, 5.41) is 0. The average molecular weight is 653 g/mol. The van der Waals surface area contributed by atoms with Crippen LogP contribution in [-0.2, 0) is 10.1 Å². The molecule has 0 aliphatic carbocycles. The minimum atomic E-state index is -3.92. The van der Waals surface area contributed by atoms with Gasteiger partial charge in [-0.3, -0.25) is 4.55 Å². The van der Waals surface area contributed by atoms with Crippen molar-refractivity contribution in [1.29, 1.82) is 0 Å². The molecule has 0 bridgehead atoms. The fourth-order valence-electron chi connectivity index (χ4n) is 6.04. The third kappa shape index (κ3) is 32.8. The van der Waals surface area contributed by atoms with Gasteiger partial charge in [0.05, 0.1) is 12.3 Å². The van der Waals surface area contributed by atoms with Crippen LogP contribution in [0.15, 0.2) is 36.8 Å². The lowest BCUT2D eigenvalue weighted by Crippen LogP contribution is -2.32. The molecular formula is C40H78NO3S+. The first-order chi connectivity index (χ1) is 21.9. The summed E-state index contributed by atoms with van der Waals surface area (Å²) in [5.74, 6) is -0.154. The highest BCUT2D eigenvalue weighted by Gasteiger charge is 2.19. The van der Waals surface area contributed by atoms with E-state index in [1.165, 1.54) is 154 Å². The van der Waals surface area contributed by atoms with Gasteiger partial charge < -0.3 is 0 Å². The van der Waals surface area contributed by atoms with Crippen molar-refractivity contribution < 1.29 is 17.5 Å². The van der Waals surface area contributed by atoms with Crippen molar-refractivity contribution in [2.45, 2.75) is 207 Å². The first kappa shape index (κ1) is 44.1. The molecule has 0 saturated heterocycles. The minimum absolute atomic E-state index is 0.154. The molecule has 45 heavy (non-hydrogen) atoms. The number of rotatable bonds is 35. The normalized spacial score (nSPS) is 12.9. The van der Waals surface area contributed by atoms with Crippen LogP contribution in [0.4, 0.5) is 0 Å². The fraction of sp³-hybridized carbons (Fsp3) is 0.850. The molecule has 0 saturated carbocycles. The van der Waals surface area contributed by atoms with Crippen molar-refractivity contribution in [3.63, 3.8) is 0 Å². The number of hydrogen-bond acceptors (Lipinski definition) is 2. The van der Waals surface area contributed by atoms with Gasteiger partial charge >= 0.3 is 0 Å². The van der Waals surface area contributed by atoms with Crippen molar-refractivity contribution in [2.24, 2.45) is 0 Å². The van der Waals surface area contributed by atoms with Crippen molar-refractivity contribution in [2.75, 3.05) is 12.3 Å². The Kier molecular flexibility index (Phi) is 32.3. The van der Waals surface area contributed by atoms with Crippen LogP contribution in [0, 0.1) is 0 Å². The third-order valence-electron chi connectivity index (χ3n) is 9.02. The van der Waals surface area contributed by atoms with Crippen molar-refractivity contribution in [1.82, 2.24) is 0 Å². The molecule has 0 radical (unpaired) electrons. The summed E-state index contributed by atoms with van der Waals surface area (Å²) >= 11 is 0. The number of quaternary nitrogens is 1. The van der Waals surface area contributed by atoms with Gasteiger partial charge in [0.1, 0.15) is 18.6 Å². The molecule has 4 nitrogen and oxygen atoms in total. The van der Waals surface area contributed by atoms with E-state index in [1.54, 1.807) is 0 Å². The molecule has 0 spiro atoms. The number of hydrogen-bond donors (Lipinski definition) is 1. The molecule has 0 rings (SSSR count). The molecule has 0 aromatic heterocycles. The van der Waals surface area contributed by atoms with Gasteiger partial charge in [0.25, 0.3) is 10.1 Å². The van der Waals surface area contributed by atoms with E-state index >= 15 is 0 Å². The van der Waals surface area contributed by atoms with Gasteiger partial charge in [-0.05, 0) is 69.6 Å². The van der Waals surface area contributed by atoms with Crippen LogP contribution in [0.2, 0.25) is 0 Å². The van der Waals surface area contributed by atoms with Gasteiger partial charge in [-0.2, -0.15) is 8.42 Å². The second kappa shape index (κ2) is 33.0. The molecule has 5 heteroatoms. The predicted molar refractivity (Wildman–Crippen MR) is 200 cm³/mol. The minimum Gasteiger partial charge on any atom is -0.286 e. The largest absolute Gasteiger partial charge is 0.286 e. The highest BCUT2D eigenvalue weighted by atomic mass is 32.2. The van der Waals surface area contributed by atoms with Crippen LogP contribution in [-0.4, -0.2) is 29.8 Å². The Hall–Kier alpha value is -0.910. The molecule has 1 N–H and O–H groups in total. The van der Waals surface area contributed by atoms with Crippen LogP contribution in [0.1, 0.15) is 207 Å². The van der Waals surface area contributed by atoms with Crippen LogP contribution in [0.3, 0.4) is 0 Å². The van der Waals surface area contributed by atoms with Crippen LogP contribution >= 0.6 is 0 Å². The summed E-state index contributed by atoms with van der Waals surface area (Å²) in [4.78, 5) is 0. The Balaban J connectivity index is 5.17. The molecule has 0 aliphatic rings. The van der Waals surface area contributed by atoms with E-state index in [-0.39, 0.29) is 5.75 Å². The monoisotopic (exact) mass is 653 g/mol. The third-order valence-corrected chi connectivity index (χ3v) is 9.82. The molecule has 0 amide bonds. The van der Waals surface area contributed by atoms with E-state index in [2.05, 4.69) is 57.6 Å². The zero-order valence-electron chi connectivity index (χ0n) is 30.5. The molecular weight excluding hydrogens is 575 g/mol. The highest BCUT2D eigenvalue weighted by Crippen LogP contribution is 2.19. The Labute approximate surface area is 283 Å². The maximum atomic E-state index is 11.4. The first-order valence-corrected chi connectivity index (χ1v) is 21.4. The van der Waals surface area contributed by atoms with E-state index in [0.717, 1.165) is 32.2 Å². The Bertz CT molecular complexity index is 728. The molecule has 0 heterocycles. The van der Waals surface area contributed by atoms with Crippen molar-refractivity contribution in [3.05, 3.63) is 36.8 Å². The topological polar surface area (TPSA) is 54.4 Å². The van der Waals surface area contributed by atoms with E-state index in [4.69, 9.17) is 0 Å². The predicted octanol–water partition coefficient (Wildman–Crippen LogP) is 13.6. The van der Waals surface area contributed by atoms with E-state index < -0.39 is 10.1 Å². The zero-order valence-corrected chi connectivity index (χ0v) is 31.3. The molecule has 0 fully saturated rings. The summed E-state index contributed by atoms with van der Waals surface area (Å²) in [5.41, 5.74) is 0. The standard InChI is InChI=1S/C40H77NO3S/c1-4-7-10-13-16-19-22-25-28-31-36-41(39-34-35-40-45(42,43)44,37-32-29-26-23-20-17-14-11-8-5-2)38-33-30-27-24-21-18-15-12-9-6-3/h31-33,36-38H,4-30,34-35,39-40H2,1-3H3/p+1/b36-31+,37-32+,38-33+. The highest BCUT2D eigenvalue weighted by molar-refractivity contribution is 7.85. The summed E-state index contributed by atoms with van der Waals surface area (Å²) in [7, 11) is -3.92. The number of allylic oxidation sites excluding steroid dienone is 3. The lowest BCUT2D eigenvalue weighted by molar-refractivity contribution is -0.774.